The van der Waals surface area contributed by atoms with E-state index in [2.05, 4.69) is 10.3 Å². The number of aromatic nitrogens is 1. The molecule has 4 aromatic rings. The molecule has 0 radical (unpaired) electrons. The van der Waals surface area contributed by atoms with Crippen LogP contribution in [-0.2, 0) is 4.79 Å². The number of carbonyl (C=O) groups excluding carboxylic acids is 1. The molecule has 37 heavy (non-hydrogen) atoms. The number of non-ortho nitro benzene ring substituents is 1. The molecule has 1 aliphatic rings. The molecule has 3 aromatic carbocycles. The number of nitrogens with one attached hydrogen (secondary N) is 1. The van der Waals surface area contributed by atoms with Gasteiger partial charge in [-0.1, -0.05) is 59.4 Å². The van der Waals surface area contributed by atoms with Crippen LogP contribution in [0.3, 0.4) is 0 Å². The number of nitro groups is 1. The average molecular weight is 511 g/mol. The van der Waals surface area contributed by atoms with E-state index in [1.165, 1.54) is 23.5 Å². The summed E-state index contributed by atoms with van der Waals surface area (Å²) in [5, 5.41) is 13.9. The summed E-state index contributed by atoms with van der Waals surface area (Å²) in [5.41, 5.74) is 3.76. The molecule has 184 valence electrons. The third-order valence-corrected chi connectivity index (χ3v) is 7.08. The molecule has 0 bridgehead atoms. The van der Waals surface area contributed by atoms with E-state index in [9.17, 15) is 19.7 Å². The number of fused-ring (bicyclic) bond motifs is 1. The summed E-state index contributed by atoms with van der Waals surface area (Å²) >= 11 is 1.22. The van der Waals surface area contributed by atoms with Crippen LogP contribution in [0.2, 0.25) is 0 Å². The van der Waals surface area contributed by atoms with Crippen LogP contribution in [0.5, 0.6) is 0 Å². The molecule has 1 aromatic heterocycles. The maximum atomic E-state index is 13.7. The van der Waals surface area contributed by atoms with Gasteiger partial charge in [0, 0.05) is 17.8 Å². The first kappa shape index (κ1) is 24.1. The van der Waals surface area contributed by atoms with Crippen molar-refractivity contribution in [3.63, 3.8) is 0 Å². The zero-order valence-corrected chi connectivity index (χ0v) is 20.9. The molecule has 1 unspecified atom stereocenters. The van der Waals surface area contributed by atoms with Crippen molar-refractivity contribution in [2.24, 2.45) is 4.99 Å². The van der Waals surface area contributed by atoms with Crippen LogP contribution in [-0.4, -0.2) is 15.4 Å². The van der Waals surface area contributed by atoms with Crippen molar-refractivity contribution < 1.29 is 9.72 Å². The van der Waals surface area contributed by atoms with Gasteiger partial charge in [-0.25, -0.2) is 4.99 Å². The lowest BCUT2D eigenvalue weighted by atomic mass is 9.94. The van der Waals surface area contributed by atoms with E-state index in [0.717, 1.165) is 11.1 Å². The Bertz CT molecular complexity index is 1720. The van der Waals surface area contributed by atoms with Crippen LogP contribution in [0.1, 0.15) is 29.7 Å². The number of thiazole rings is 1. The Morgan fingerprint density at radius 2 is 1.70 bits per heavy atom. The number of benzene rings is 3. The summed E-state index contributed by atoms with van der Waals surface area (Å²) < 4.78 is 1.97. The number of para-hydroxylation sites is 1. The highest BCUT2D eigenvalue weighted by atomic mass is 32.1. The molecule has 1 atom stereocenters. The molecule has 1 amide bonds. The quantitative estimate of drug-likeness (QED) is 0.322. The van der Waals surface area contributed by atoms with Crippen molar-refractivity contribution in [1.29, 1.82) is 0 Å². The largest absolute Gasteiger partial charge is 0.322 e. The predicted molar refractivity (Wildman–Crippen MR) is 143 cm³/mol. The van der Waals surface area contributed by atoms with Crippen molar-refractivity contribution in [2.45, 2.75) is 19.9 Å². The van der Waals surface area contributed by atoms with E-state index < -0.39 is 11.0 Å². The third kappa shape index (κ3) is 4.76. The van der Waals surface area contributed by atoms with Gasteiger partial charge >= 0.3 is 0 Å². The van der Waals surface area contributed by atoms with Crippen LogP contribution < -0.4 is 20.2 Å². The van der Waals surface area contributed by atoms with E-state index in [4.69, 9.17) is 0 Å². The summed E-state index contributed by atoms with van der Waals surface area (Å²) in [6, 6.07) is 22.2. The molecule has 0 spiro atoms. The third-order valence-electron chi connectivity index (χ3n) is 6.09. The minimum Gasteiger partial charge on any atom is -0.322 e. The molecule has 5 rings (SSSR count). The normalized spacial score (nSPS) is 15.2. The molecule has 8 nitrogen and oxygen atoms in total. The predicted octanol–water partition coefficient (Wildman–Crippen LogP) is 4.09. The molecule has 1 N–H and O–H groups in total. The van der Waals surface area contributed by atoms with Gasteiger partial charge in [0.25, 0.3) is 17.2 Å². The summed E-state index contributed by atoms with van der Waals surface area (Å²) in [6.07, 6.45) is 1.68. The van der Waals surface area contributed by atoms with Gasteiger partial charge < -0.3 is 5.32 Å². The second-order valence-electron chi connectivity index (χ2n) is 8.66. The van der Waals surface area contributed by atoms with Crippen molar-refractivity contribution >= 4 is 34.7 Å². The van der Waals surface area contributed by atoms with Crippen molar-refractivity contribution in [3.8, 4) is 0 Å². The Labute approximate surface area is 215 Å². The van der Waals surface area contributed by atoms with Gasteiger partial charge in [-0.3, -0.25) is 24.3 Å². The van der Waals surface area contributed by atoms with Crippen molar-refractivity contribution in [3.05, 3.63) is 137 Å². The number of nitro benzene ring substituents is 1. The van der Waals surface area contributed by atoms with Gasteiger partial charge in [-0.15, -0.1) is 0 Å². The van der Waals surface area contributed by atoms with Gasteiger partial charge in [0.05, 0.1) is 26.8 Å². The lowest BCUT2D eigenvalue weighted by molar-refractivity contribution is -0.384. The van der Waals surface area contributed by atoms with Gasteiger partial charge in [-0.05, 0) is 55.3 Å². The number of anilines is 1. The second kappa shape index (κ2) is 9.79. The first-order chi connectivity index (χ1) is 17.8. The maximum Gasteiger partial charge on any atom is 0.271 e. The highest BCUT2D eigenvalue weighted by molar-refractivity contribution is 7.07. The fraction of sp³-hybridized carbons (Fsp3) is 0.107. The Kier molecular flexibility index (Phi) is 6.37. The molecule has 1 aliphatic heterocycles. The van der Waals surface area contributed by atoms with Crippen LogP contribution in [0.15, 0.2) is 99.9 Å². The van der Waals surface area contributed by atoms with Gasteiger partial charge in [0.15, 0.2) is 4.80 Å². The molecule has 0 fully saturated rings. The summed E-state index contributed by atoms with van der Waals surface area (Å²) in [6.45, 7) is 3.75. The smallest absolute Gasteiger partial charge is 0.271 e. The minimum absolute atomic E-state index is 0.0253. The number of hydrogen-bond acceptors (Lipinski definition) is 6. The molecule has 9 heteroatoms. The van der Waals surface area contributed by atoms with Crippen LogP contribution >= 0.6 is 11.3 Å². The minimum atomic E-state index is -0.667. The number of amides is 1. The van der Waals surface area contributed by atoms with Gasteiger partial charge in [-0.2, -0.15) is 0 Å². The highest BCUT2D eigenvalue weighted by Crippen LogP contribution is 2.31. The number of aryl methyl sites for hydroxylation is 1. The van der Waals surface area contributed by atoms with E-state index in [1.54, 1.807) is 41.8 Å². The first-order valence-corrected chi connectivity index (χ1v) is 12.3. The molecule has 0 saturated heterocycles. The van der Waals surface area contributed by atoms with Crippen LogP contribution in [0, 0.1) is 17.0 Å². The zero-order chi connectivity index (χ0) is 26.1. The van der Waals surface area contributed by atoms with Crippen molar-refractivity contribution in [2.75, 3.05) is 5.32 Å². The monoisotopic (exact) mass is 510 g/mol. The standard InChI is InChI=1S/C28H22N4O4S/c1-17-8-12-20(13-9-17)25-24(26(33)30-21-6-4-3-5-7-21)18(2)29-28-31(25)27(34)23(37-28)16-19-10-14-22(15-11-19)32(35)36/h3-16,25H,1-2H3,(H,30,33)/b23-16+. The summed E-state index contributed by atoms with van der Waals surface area (Å²) in [4.78, 5) is 42.9. The van der Waals surface area contributed by atoms with E-state index >= 15 is 0 Å². The molecule has 2 heterocycles. The lowest BCUT2D eigenvalue weighted by Crippen LogP contribution is -2.40. The Balaban J connectivity index is 1.64. The van der Waals surface area contributed by atoms with Gasteiger partial charge in [0.1, 0.15) is 0 Å². The number of rotatable bonds is 5. The SMILES string of the molecule is CC1=C(C(=O)Nc2ccccc2)C(c2ccc(C)cc2)n2c(s/c(=C/c3ccc([N+](=O)[O-])cc3)c2=O)=N1. The van der Waals surface area contributed by atoms with Gasteiger partial charge in [0.2, 0.25) is 0 Å². The fourth-order valence-corrected chi connectivity index (χ4v) is 5.29. The first-order valence-electron chi connectivity index (χ1n) is 11.5. The maximum absolute atomic E-state index is 13.7. The zero-order valence-electron chi connectivity index (χ0n) is 20.0. The molecule has 0 aliphatic carbocycles. The Hall–Kier alpha value is -4.63. The molecule has 0 saturated carbocycles. The van der Waals surface area contributed by atoms with Crippen LogP contribution in [0.25, 0.3) is 6.08 Å². The van der Waals surface area contributed by atoms with E-state index in [-0.39, 0.29) is 17.2 Å². The molecular weight excluding hydrogens is 488 g/mol. The average Bonchev–Trinajstić information content (AvgIpc) is 3.18. The number of carbonyl (C=O) groups is 1. The lowest BCUT2D eigenvalue weighted by Gasteiger charge is -2.25. The van der Waals surface area contributed by atoms with E-state index in [1.807, 2.05) is 49.4 Å². The molecular formula is C28H22N4O4S. The Morgan fingerprint density at radius 3 is 2.35 bits per heavy atom. The number of nitrogens with zero attached hydrogens (tertiary/aromatic N) is 3. The van der Waals surface area contributed by atoms with Crippen LogP contribution in [0.4, 0.5) is 11.4 Å². The summed E-state index contributed by atoms with van der Waals surface area (Å²) in [5.74, 6) is -0.331. The number of hydrogen-bond donors (Lipinski definition) is 1. The highest BCUT2D eigenvalue weighted by Gasteiger charge is 2.32. The van der Waals surface area contributed by atoms with Crippen molar-refractivity contribution in [1.82, 2.24) is 4.57 Å². The Morgan fingerprint density at radius 1 is 1.03 bits per heavy atom. The number of allylic oxidation sites excluding steroid dienone is 1. The van der Waals surface area contributed by atoms with E-state index in [0.29, 0.717) is 31.9 Å². The topological polar surface area (TPSA) is 107 Å². The fourth-order valence-electron chi connectivity index (χ4n) is 4.24. The summed E-state index contributed by atoms with van der Waals surface area (Å²) in [7, 11) is 0. The second-order valence-corrected chi connectivity index (χ2v) is 9.67.